The summed E-state index contributed by atoms with van der Waals surface area (Å²) in [6.45, 7) is 1.54. The number of rotatable bonds is 3. The third-order valence-electron chi connectivity index (χ3n) is 3.06. The van der Waals surface area contributed by atoms with Crippen molar-refractivity contribution in [3.8, 4) is 0 Å². The topological polar surface area (TPSA) is 46.2 Å². The third kappa shape index (κ3) is 2.80. The molecule has 106 valence electrons. The Morgan fingerprint density at radius 1 is 1.32 bits per heavy atom. The van der Waals surface area contributed by atoms with Crippen molar-refractivity contribution >= 4 is 26.0 Å². The van der Waals surface area contributed by atoms with Gasteiger partial charge in [-0.05, 0) is 37.5 Å². The lowest BCUT2D eigenvalue weighted by Gasteiger charge is -2.21. The predicted octanol–water partition coefficient (Wildman–Crippen LogP) is 3.13. The van der Waals surface area contributed by atoms with E-state index in [0.717, 1.165) is 0 Å². The monoisotopic (exact) mass is 357 g/mol. The van der Waals surface area contributed by atoms with E-state index in [1.807, 2.05) is 0 Å². The maximum Gasteiger partial charge on any atom is 0.407 e. The molecule has 1 fully saturated rings. The lowest BCUT2D eigenvalue weighted by molar-refractivity contribution is -0.160. The smallest absolute Gasteiger partial charge is 0.207 e. The number of aryl methyl sites for hydroxylation is 1. The van der Waals surface area contributed by atoms with E-state index in [2.05, 4.69) is 15.9 Å². The minimum Gasteiger partial charge on any atom is -0.207 e. The van der Waals surface area contributed by atoms with Gasteiger partial charge in [-0.3, -0.25) is 0 Å². The van der Waals surface area contributed by atoms with Crippen molar-refractivity contribution in [3.05, 3.63) is 28.2 Å². The lowest BCUT2D eigenvalue weighted by Crippen LogP contribution is -2.47. The number of benzene rings is 1. The first kappa shape index (κ1) is 14.8. The van der Waals surface area contributed by atoms with Gasteiger partial charge in [0.1, 0.15) is 5.54 Å². The summed E-state index contributed by atoms with van der Waals surface area (Å²) in [6, 6.07) is 4.46. The highest BCUT2D eigenvalue weighted by Crippen LogP contribution is 2.49. The summed E-state index contributed by atoms with van der Waals surface area (Å²) in [7, 11) is -4.19. The highest BCUT2D eigenvalue weighted by molar-refractivity contribution is 9.10. The van der Waals surface area contributed by atoms with Crippen molar-refractivity contribution in [2.75, 3.05) is 0 Å². The summed E-state index contributed by atoms with van der Waals surface area (Å²) < 4.78 is 64.8. The zero-order valence-electron chi connectivity index (χ0n) is 9.88. The summed E-state index contributed by atoms with van der Waals surface area (Å²) in [5.74, 6) is 0. The molecule has 1 aromatic rings. The first-order valence-electron chi connectivity index (χ1n) is 5.44. The molecule has 0 unspecified atom stereocenters. The first-order chi connectivity index (χ1) is 8.57. The molecule has 1 aromatic carbocycles. The molecule has 19 heavy (non-hydrogen) atoms. The summed E-state index contributed by atoms with van der Waals surface area (Å²) in [5, 5.41) is 0. The molecular weight excluding hydrogens is 347 g/mol. The summed E-state index contributed by atoms with van der Waals surface area (Å²) in [6.07, 6.45) is -5.01. The third-order valence-corrected chi connectivity index (χ3v) is 5.23. The zero-order chi connectivity index (χ0) is 14.5. The number of nitrogens with one attached hydrogen (secondary N) is 1. The Balaban J connectivity index is 2.37. The Bertz CT molecular complexity index is 609. The molecule has 8 heteroatoms. The molecule has 1 aliphatic rings. The van der Waals surface area contributed by atoms with Crippen molar-refractivity contribution in [1.82, 2.24) is 4.72 Å². The molecule has 0 spiro atoms. The van der Waals surface area contributed by atoms with Crippen molar-refractivity contribution in [2.45, 2.75) is 36.4 Å². The normalized spacial score (nSPS) is 18.4. The highest BCUT2D eigenvalue weighted by Gasteiger charge is 2.65. The Labute approximate surface area is 117 Å². The van der Waals surface area contributed by atoms with Gasteiger partial charge in [0.15, 0.2) is 0 Å². The fourth-order valence-corrected chi connectivity index (χ4v) is 3.97. The lowest BCUT2D eigenvalue weighted by atomic mass is 10.2. The van der Waals surface area contributed by atoms with Crippen molar-refractivity contribution < 1.29 is 21.6 Å². The fraction of sp³-hybridized carbons (Fsp3) is 0.455. The average Bonchev–Trinajstić information content (AvgIpc) is 3.01. The van der Waals surface area contributed by atoms with Crippen LogP contribution in [0, 0.1) is 6.92 Å². The fourth-order valence-electron chi connectivity index (χ4n) is 1.74. The van der Waals surface area contributed by atoms with Gasteiger partial charge in [0, 0.05) is 4.47 Å². The zero-order valence-corrected chi connectivity index (χ0v) is 12.3. The maximum absolute atomic E-state index is 12.8. The molecule has 0 aliphatic heterocycles. The van der Waals surface area contributed by atoms with Gasteiger partial charge in [-0.15, -0.1) is 0 Å². The van der Waals surface area contributed by atoms with E-state index in [1.165, 1.54) is 19.1 Å². The second-order valence-electron chi connectivity index (χ2n) is 4.60. The van der Waals surface area contributed by atoms with Crippen molar-refractivity contribution in [2.24, 2.45) is 0 Å². The van der Waals surface area contributed by atoms with Gasteiger partial charge in [0.2, 0.25) is 10.0 Å². The van der Waals surface area contributed by atoms with Gasteiger partial charge in [0.05, 0.1) is 4.90 Å². The van der Waals surface area contributed by atoms with Crippen LogP contribution in [-0.2, 0) is 10.0 Å². The number of alkyl halides is 3. The Kier molecular flexibility index (Phi) is 3.47. The van der Waals surface area contributed by atoms with E-state index in [9.17, 15) is 21.6 Å². The highest BCUT2D eigenvalue weighted by atomic mass is 79.9. The van der Waals surface area contributed by atoms with Crippen LogP contribution in [0.1, 0.15) is 18.4 Å². The minimum atomic E-state index is -4.57. The standard InChI is InChI=1S/C11H11BrF3NO2S/c1-7-2-3-8(12)6-9(7)19(17,18)16-10(4-5-10)11(13,14)15/h2-3,6,16H,4-5H2,1H3. The van der Waals surface area contributed by atoms with E-state index >= 15 is 0 Å². The molecule has 0 heterocycles. The van der Waals surface area contributed by atoms with Crippen LogP contribution < -0.4 is 4.72 Å². The summed E-state index contributed by atoms with van der Waals surface area (Å²) >= 11 is 3.11. The molecule has 1 aliphatic carbocycles. The second-order valence-corrected chi connectivity index (χ2v) is 7.16. The van der Waals surface area contributed by atoms with Gasteiger partial charge in [-0.25, -0.2) is 8.42 Å². The van der Waals surface area contributed by atoms with Crippen LogP contribution in [-0.4, -0.2) is 20.1 Å². The van der Waals surface area contributed by atoms with Gasteiger partial charge < -0.3 is 0 Å². The quantitative estimate of drug-likeness (QED) is 0.903. The van der Waals surface area contributed by atoms with Gasteiger partial charge in [0.25, 0.3) is 0 Å². The van der Waals surface area contributed by atoms with E-state index in [-0.39, 0.29) is 17.7 Å². The first-order valence-corrected chi connectivity index (χ1v) is 7.72. The number of hydrogen-bond acceptors (Lipinski definition) is 2. The van der Waals surface area contributed by atoms with Crippen LogP contribution in [0.5, 0.6) is 0 Å². The van der Waals surface area contributed by atoms with Gasteiger partial charge in [-0.2, -0.15) is 17.9 Å². The Morgan fingerprint density at radius 2 is 1.89 bits per heavy atom. The van der Waals surface area contributed by atoms with Gasteiger partial charge >= 0.3 is 6.18 Å². The predicted molar refractivity (Wildman–Crippen MR) is 67.2 cm³/mol. The van der Waals surface area contributed by atoms with E-state index < -0.39 is 21.7 Å². The second kappa shape index (κ2) is 4.46. The van der Waals surface area contributed by atoms with Crippen LogP contribution in [0.15, 0.2) is 27.6 Å². The van der Waals surface area contributed by atoms with Crippen LogP contribution >= 0.6 is 15.9 Å². The summed E-state index contributed by atoms with van der Waals surface area (Å²) in [5.41, 5.74) is -1.89. The molecule has 0 amide bonds. The molecular formula is C11H11BrF3NO2S. The Hall–Kier alpha value is -0.600. The van der Waals surface area contributed by atoms with Gasteiger partial charge in [-0.1, -0.05) is 22.0 Å². The number of halogens is 4. The Morgan fingerprint density at radius 3 is 2.37 bits per heavy atom. The molecule has 0 radical (unpaired) electrons. The molecule has 2 rings (SSSR count). The van der Waals surface area contributed by atoms with Crippen LogP contribution in [0.25, 0.3) is 0 Å². The molecule has 0 bridgehead atoms. The van der Waals surface area contributed by atoms with E-state index in [0.29, 0.717) is 10.0 Å². The van der Waals surface area contributed by atoms with E-state index in [4.69, 9.17) is 0 Å². The maximum atomic E-state index is 12.8. The molecule has 3 nitrogen and oxygen atoms in total. The van der Waals surface area contributed by atoms with Crippen molar-refractivity contribution in [3.63, 3.8) is 0 Å². The molecule has 0 saturated heterocycles. The summed E-state index contributed by atoms with van der Waals surface area (Å²) in [4.78, 5) is -0.141. The SMILES string of the molecule is Cc1ccc(Br)cc1S(=O)(=O)NC1(C(F)(F)F)CC1. The van der Waals surface area contributed by atoms with E-state index in [1.54, 1.807) is 10.8 Å². The molecule has 1 N–H and O–H groups in total. The van der Waals surface area contributed by atoms with Crippen LogP contribution in [0.4, 0.5) is 13.2 Å². The molecule has 1 saturated carbocycles. The number of sulfonamides is 1. The molecule has 0 aromatic heterocycles. The van der Waals surface area contributed by atoms with Crippen molar-refractivity contribution in [1.29, 1.82) is 0 Å². The van der Waals surface area contributed by atoms with Crippen LogP contribution in [0.2, 0.25) is 0 Å². The minimum absolute atomic E-state index is 0.141. The number of hydrogen-bond donors (Lipinski definition) is 1. The molecule has 0 atom stereocenters. The van der Waals surface area contributed by atoms with Crippen LogP contribution in [0.3, 0.4) is 0 Å². The average molecular weight is 358 g/mol. The largest absolute Gasteiger partial charge is 0.407 e.